The van der Waals surface area contributed by atoms with E-state index in [1.54, 1.807) is 24.5 Å². The van der Waals surface area contributed by atoms with Gasteiger partial charge in [0.25, 0.3) is 0 Å². The van der Waals surface area contributed by atoms with Crippen molar-refractivity contribution in [2.24, 2.45) is 0 Å². The van der Waals surface area contributed by atoms with Crippen LogP contribution < -0.4 is 0 Å². The summed E-state index contributed by atoms with van der Waals surface area (Å²) < 4.78 is 15.2. The second kappa shape index (κ2) is 8.23. The van der Waals surface area contributed by atoms with Crippen LogP contribution in [-0.4, -0.2) is 38.8 Å². The molecule has 4 nitrogen and oxygen atoms in total. The van der Waals surface area contributed by atoms with Gasteiger partial charge >= 0.3 is 0 Å². The van der Waals surface area contributed by atoms with E-state index in [-0.39, 0.29) is 5.82 Å². The van der Waals surface area contributed by atoms with Crippen LogP contribution >= 0.6 is 11.6 Å². The van der Waals surface area contributed by atoms with E-state index in [0.717, 1.165) is 42.0 Å². The van der Waals surface area contributed by atoms with Crippen LogP contribution in [0.4, 0.5) is 4.39 Å². The van der Waals surface area contributed by atoms with Gasteiger partial charge in [-0.1, -0.05) is 6.92 Å². The minimum atomic E-state index is -0.255. The van der Waals surface area contributed by atoms with Crippen molar-refractivity contribution in [2.45, 2.75) is 13.5 Å². The molecule has 0 aliphatic carbocycles. The topological polar surface area (TPSA) is 34.0 Å². The molecule has 0 atom stereocenters. The van der Waals surface area contributed by atoms with Gasteiger partial charge in [0.1, 0.15) is 11.5 Å². The summed E-state index contributed by atoms with van der Waals surface area (Å²) in [6, 6.07) is 10.8. The molecule has 3 aromatic rings. The second-order valence-corrected chi connectivity index (χ2v) is 5.97. The number of likely N-dealkylation sites (N-methyl/N-ethyl adjacent to an activating group) is 1. The first-order valence-corrected chi connectivity index (χ1v) is 8.77. The number of halogens is 2. The average molecular weight is 359 g/mol. The van der Waals surface area contributed by atoms with Crippen molar-refractivity contribution < 1.29 is 4.39 Å². The van der Waals surface area contributed by atoms with Gasteiger partial charge in [-0.15, -0.1) is 11.6 Å². The van der Waals surface area contributed by atoms with E-state index in [4.69, 9.17) is 16.7 Å². The van der Waals surface area contributed by atoms with Gasteiger partial charge in [-0.05, 0) is 48.5 Å². The number of aromatic nitrogens is 3. The summed E-state index contributed by atoms with van der Waals surface area (Å²) in [6.07, 6.45) is 5.54. The summed E-state index contributed by atoms with van der Waals surface area (Å²) >= 11 is 5.93. The Bertz CT molecular complexity index is 798. The van der Waals surface area contributed by atoms with E-state index in [2.05, 4.69) is 16.8 Å². The minimum absolute atomic E-state index is 0.255. The molecule has 0 fully saturated rings. The van der Waals surface area contributed by atoms with Crippen LogP contribution in [0.15, 0.2) is 55.0 Å². The summed E-state index contributed by atoms with van der Waals surface area (Å²) in [5, 5.41) is 4.73. The molecule has 0 spiro atoms. The Morgan fingerprint density at radius 2 is 1.80 bits per heavy atom. The molecule has 0 bridgehead atoms. The number of nitrogens with zero attached hydrogens (tertiary/aromatic N) is 4. The van der Waals surface area contributed by atoms with E-state index >= 15 is 0 Å². The fraction of sp³-hybridized carbons (Fsp3) is 0.263. The van der Waals surface area contributed by atoms with Gasteiger partial charge in [-0.25, -0.2) is 4.39 Å². The van der Waals surface area contributed by atoms with Crippen LogP contribution in [0.3, 0.4) is 0 Å². The summed E-state index contributed by atoms with van der Waals surface area (Å²) in [7, 11) is 0. The van der Waals surface area contributed by atoms with E-state index in [1.807, 2.05) is 23.0 Å². The molecule has 0 aliphatic heterocycles. The van der Waals surface area contributed by atoms with Crippen molar-refractivity contribution in [1.82, 2.24) is 19.7 Å². The summed E-state index contributed by atoms with van der Waals surface area (Å²) in [5.74, 6) is -0.255. The average Bonchev–Trinajstić information content (AvgIpc) is 3.08. The zero-order valence-corrected chi connectivity index (χ0v) is 14.8. The molecule has 0 saturated heterocycles. The largest absolute Gasteiger partial charge is 0.288 e. The molecule has 0 N–H and O–H groups in total. The predicted molar refractivity (Wildman–Crippen MR) is 98.8 cm³/mol. The Morgan fingerprint density at radius 1 is 1.08 bits per heavy atom. The van der Waals surface area contributed by atoms with Crippen molar-refractivity contribution in [2.75, 3.05) is 19.1 Å². The normalized spacial score (nSPS) is 11.2. The lowest BCUT2D eigenvalue weighted by Crippen LogP contribution is -2.26. The molecule has 25 heavy (non-hydrogen) atoms. The van der Waals surface area contributed by atoms with Crippen LogP contribution in [0, 0.1) is 5.82 Å². The minimum Gasteiger partial charge on any atom is -0.288 e. The lowest BCUT2D eigenvalue weighted by Gasteiger charge is -2.16. The molecular formula is C19H20ClFN4. The second-order valence-electron chi connectivity index (χ2n) is 5.73. The van der Waals surface area contributed by atoms with Crippen molar-refractivity contribution in [3.8, 4) is 22.4 Å². The van der Waals surface area contributed by atoms with Gasteiger partial charge < -0.3 is 0 Å². The maximum Gasteiger partial charge on any atom is 0.123 e. The number of hydrogen-bond acceptors (Lipinski definition) is 3. The fourth-order valence-electron chi connectivity index (χ4n) is 2.65. The van der Waals surface area contributed by atoms with Crippen molar-refractivity contribution in [3.05, 3.63) is 60.8 Å². The Labute approximate surface area is 151 Å². The molecule has 1 aromatic carbocycles. The standard InChI is InChI=1S/C19H20ClFN4/c1-2-24(14-20)11-12-25-13-18(15-7-9-22-10-8-15)19(23-25)16-3-5-17(21)6-4-16/h3-10,13H,2,11-12,14H2,1H3. The SMILES string of the molecule is CCN(CCl)CCn1cc(-c2ccncc2)c(-c2ccc(F)cc2)n1. The molecule has 2 aromatic heterocycles. The smallest absolute Gasteiger partial charge is 0.123 e. The molecule has 0 saturated carbocycles. The van der Waals surface area contributed by atoms with Crippen LogP contribution in [0.25, 0.3) is 22.4 Å². The van der Waals surface area contributed by atoms with Crippen LogP contribution in [0.1, 0.15) is 6.92 Å². The molecular weight excluding hydrogens is 339 g/mol. The van der Waals surface area contributed by atoms with Crippen LogP contribution in [-0.2, 0) is 6.54 Å². The summed E-state index contributed by atoms with van der Waals surface area (Å²) in [6.45, 7) is 4.53. The Hall–Kier alpha value is -2.24. The summed E-state index contributed by atoms with van der Waals surface area (Å²) in [4.78, 5) is 6.21. The van der Waals surface area contributed by atoms with Crippen molar-refractivity contribution in [1.29, 1.82) is 0 Å². The van der Waals surface area contributed by atoms with Crippen LogP contribution in [0.5, 0.6) is 0 Å². The van der Waals surface area contributed by atoms with Gasteiger partial charge in [0.2, 0.25) is 0 Å². The zero-order chi connectivity index (χ0) is 17.6. The number of rotatable bonds is 7. The van der Waals surface area contributed by atoms with E-state index in [1.165, 1.54) is 12.1 Å². The monoisotopic (exact) mass is 358 g/mol. The Morgan fingerprint density at radius 3 is 2.44 bits per heavy atom. The fourth-order valence-corrected chi connectivity index (χ4v) is 2.93. The highest BCUT2D eigenvalue weighted by atomic mass is 35.5. The molecule has 130 valence electrons. The molecule has 0 radical (unpaired) electrons. The number of benzene rings is 1. The van der Waals surface area contributed by atoms with Crippen molar-refractivity contribution >= 4 is 11.6 Å². The van der Waals surface area contributed by atoms with E-state index in [0.29, 0.717) is 6.00 Å². The van der Waals surface area contributed by atoms with Gasteiger partial charge in [0, 0.05) is 36.3 Å². The molecule has 3 rings (SSSR count). The van der Waals surface area contributed by atoms with Gasteiger partial charge in [0.05, 0.1) is 12.5 Å². The Kier molecular flexibility index (Phi) is 5.79. The molecule has 2 heterocycles. The van der Waals surface area contributed by atoms with Crippen LogP contribution in [0.2, 0.25) is 0 Å². The molecule has 6 heteroatoms. The zero-order valence-electron chi connectivity index (χ0n) is 14.1. The molecule has 0 unspecified atom stereocenters. The first-order chi connectivity index (χ1) is 12.2. The third-order valence-electron chi connectivity index (χ3n) is 4.13. The number of alkyl halides is 1. The third kappa shape index (κ3) is 4.24. The lowest BCUT2D eigenvalue weighted by molar-refractivity contribution is 0.313. The number of hydrogen-bond donors (Lipinski definition) is 0. The lowest BCUT2D eigenvalue weighted by atomic mass is 10.0. The first-order valence-electron chi connectivity index (χ1n) is 8.23. The number of pyridine rings is 1. The quantitative estimate of drug-likeness (QED) is 0.467. The summed E-state index contributed by atoms with van der Waals surface area (Å²) in [5.41, 5.74) is 3.75. The van der Waals surface area contributed by atoms with Gasteiger partial charge in [0.15, 0.2) is 0 Å². The van der Waals surface area contributed by atoms with Gasteiger partial charge in [-0.2, -0.15) is 5.10 Å². The predicted octanol–water partition coefficient (Wildman–Crippen LogP) is 4.27. The highest BCUT2D eigenvalue weighted by Gasteiger charge is 2.14. The van der Waals surface area contributed by atoms with E-state index < -0.39 is 0 Å². The highest BCUT2D eigenvalue weighted by molar-refractivity contribution is 6.17. The maximum absolute atomic E-state index is 13.3. The molecule has 0 aliphatic rings. The third-order valence-corrected chi connectivity index (χ3v) is 4.47. The molecule has 0 amide bonds. The highest BCUT2D eigenvalue weighted by Crippen LogP contribution is 2.30. The van der Waals surface area contributed by atoms with Gasteiger partial charge in [-0.3, -0.25) is 14.6 Å². The maximum atomic E-state index is 13.3. The van der Waals surface area contributed by atoms with Crippen molar-refractivity contribution in [3.63, 3.8) is 0 Å². The Balaban J connectivity index is 1.95. The first kappa shape index (κ1) is 17.6. The van der Waals surface area contributed by atoms with E-state index in [9.17, 15) is 4.39 Å².